The van der Waals surface area contributed by atoms with Crippen LogP contribution in [0.25, 0.3) is 0 Å². The maximum Gasteiger partial charge on any atom is 0.0798 e. The topological polar surface area (TPSA) is 12.0 Å². The highest BCUT2D eigenvalue weighted by molar-refractivity contribution is 5.17. The highest BCUT2D eigenvalue weighted by Gasteiger charge is 2.35. The lowest BCUT2D eigenvalue weighted by atomic mass is 9.77. The van der Waals surface area contributed by atoms with Crippen LogP contribution in [0.15, 0.2) is 0 Å². The fraction of sp³-hybridized carbons (Fsp3) is 0.818. The standard InChI is InChI=1S/C11H19N/c1-5-11(7-6-8-11)12-9-10(2,3)4/h1,12H,6-9H2,2-4H3. The molecule has 0 heterocycles. The second-order valence-electron chi connectivity index (χ2n) is 4.99. The molecule has 1 nitrogen and oxygen atoms in total. The number of rotatable bonds is 2. The van der Waals surface area contributed by atoms with Gasteiger partial charge in [0.1, 0.15) is 0 Å². The lowest BCUT2D eigenvalue weighted by Gasteiger charge is -2.40. The molecule has 0 bridgehead atoms. The summed E-state index contributed by atoms with van der Waals surface area (Å²) in [5, 5.41) is 3.49. The predicted octanol–water partition coefficient (Wildman–Crippen LogP) is 2.18. The Hall–Kier alpha value is -0.480. The van der Waals surface area contributed by atoms with Crippen LogP contribution in [-0.2, 0) is 0 Å². The zero-order valence-electron chi connectivity index (χ0n) is 8.41. The second-order valence-corrected chi connectivity index (χ2v) is 4.99. The van der Waals surface area contributed by atoms with Crippen molar-refractivity contribution < 1.29 is 0 Å². The molecular formula is C11H19N. The zero-order valence-corrected chi connectivity index (χ0v) is 8.41. The first-order chi connectivity index (χ1) is 5.47. The molecule has 0 aromatic rings. The molecule has 0 unspecified atom stereocenters. The van der Waals surface area contributed by atoms with Gasteiger partial charge in [-0.15, -0.1) is 6.42 Å². The first kappa shape index (κ1) is 9.61. The Labute approximate surface area is 75.9 Å². The van der Waals surface area contributed by atoms with Gasteiger partial charge in [0.05, 0.1) is 5.54 Å². The van der Waals surface area contributed by atoms with E-state index in [9.17, 15) is 0 Å². The van der Waals surface area contributed by atoms with Gasteiger partial charge in [-0.2, -0.15) is 0 Å². The van der Waals surface area contributed by atoms with Crippen LogP contribution in [0.2, 0.25) is 0 Å². The summed E-state index contributed by atoms with van der Waals surface area (Å²) in [7, 11) is 0. The monoisotopic (exact) mass is 165 g/mol. The van der Waals surface area contributed by atoms with Crippen LogP contribution in [0.4, 0.5) is 0 Å². The van der Waals surface area contributed by atoms with Gasteiger partial charge in [-0.25, -0.2) is 0 Å². The summed E-state index contributed by atoms with van der Waals surface area (Å²) in [5.74, 6) is 2.88. The molecule has 1 aliphatic rings. The Kier molecular flexibility index (Phi) is 2.49. The SMILES string of the molecule is C#CC1(NCC(C)(C)C)CCC1. The largest absolute Gasteiger partial charge is 0.301 e. The molecule has 0 amide bonds. The van der Waals surface area contributed by atoms with Gasteiger partial charge < -0.3 is 5.32 Å². The summed E-state index contributed by atoms with van der Waals surface area (Å²) in [5.41, 5.74) is 0.382. The van der Waals surface area contributed by atoms with Crippen LogP contribution in [0, 0.1) is 17.8 Å². The summed E-state index contributed by atoms with van der Waals surface area (Å²) in [6, 6.07) is 0. The molecule has 12 heavy (non-hydrogen) atoms. The van der Waals surface area contributed by atoms with Crippen molar-refractivity contribution in [2.24, 2.45) is 5.41 Å². The first-order valence-corrected chi connectivity index (χ1v) is 4.70. The fourth-order valence-corrected chi connectivity index (χ4v) is 1.34. The Morgan fingerprint density at radius 1 is 1.42 bits per heavy atom. The molecule has 1 aliphatic carbocycles. The summed E-state index contributed by atoms with van der Waals surface area (Å²) in [6.07, 6.45) is 9.07. The summed E-state index contributed by atoms with van der Waals surface area (Å²) in [4.78, 5) is 0. The van der Waals surface area contributed by atoms with Gasteiger partial charge in [0.25, 0.3) is 0 Å². The highest BCUT2D eigenvalue weighted by atomic mass is 15.0. The Morgan fingerprint density at radius 3 is 2.25 bits per heavy atom. The van der Waals surface area contributed by atoms with Crippen molar-refractivity contribution in [3.8, 4) is 12.3 Å². The van der Waals surface area contributed by atoms with Gasteiger partial charge in [0, 0.05) is 6.54 Å². The van der Waals surface area contributed by atoms with Crippen molar-refractivity contribution in [3.63, 3.8) is 0 Å². The molecule has 0 aliphatic heterocycles. The average molecular weight is 165 g/mol. The van der Waals surface area contributed by atoms with Crippen LogP contribution >= 0.6 is 0 Å². The lowest BCUT2D eigenvalue weighted by molar-refractivity contribution is 0.224. The third-order valence-electron chi connectivity index (χ3n) is 2.44. The number of nitrogens with one attached hydrogen (secondary N) is 1. The molecule has 0 aromatic heterocycles. The van der Waals surface area contributed by atoms with Gasteiger partial charge >= 0.3 is 0 Å². The van der Waals surface area contributed by atoms with E-state index in [0.29, 0.717) is 5.41 Å². The zero-order chi connectivity index (χ0) is 9.24. The second kappa shape index (κ2) is 3.11. The van der Waals surface area contributed by atoms with Crippen LogP contribution in [0.1, 0.15) is 40.0 Å². The molecule has 1 saturated carbocycles. The normalized spacial score (nSPS) is 21.2. The third-order valence-corrected chi connectivity index (χ3v) is 2.44. The minimum absolute atomic E-state index is 0.0489. The maximum atomic E-state index is 5.49. The van der Waals surface area contributed by atoms with Crippen LogP contribution < -0.4 is 5.32 Å². The van der Waals surface area contributed by atoms with Gasteiger partial charge in [-0.1, -0.05) is 26.7 Å². The van der Waals surface area contributed by atoms with Crippen molar-refractivity contribution in [1.29, 1.82) is 0 Å². The van der Waals surface area contributed by atoms with Crippen LogP contribution in [0.5, 0.6) is 0 Å². The van der Waals surface area contributed by atoms with E-state index in [1.54, 1.807) is 0 Å². The molecule has 0 radical (unpaired) electrons. The van der Waals surface area contributed by atoms with E-state index in [1.807, 2.05) is 0 Å². The van der Waals surface area contributed by atoms with Gasteiger partial charge in [-0.3, -0.25) is 0 Å². The molecular weight excluding hydrogens is 146 g/mol. The van der Waals surface area contributed by atoms with Crippen molar-refractivity contribution >= 4 is 0 Å². The summed E-state index contributed by atoms with van der Waals surface area (Å²) in [6.45, 7) is 7.69. The predicted molar refractivity (Wildman–Crippen MR) is 52.9 cm³/mol. The van der Waals surface area contributed by atoms with E-state index in [0.717, 1.165) is 19.4 Å². The number of terminal acetylenes is 1. The van der Waals surface area contributed by atoms with Crippen LogP contribution in [0.3, 0.4) is 0 Å². The molecule has 0 spiro atoms. The van der Waals surface area contributed by atoms with Gasteiger partial charge in [0.15, 0.2) is 0 Å². The molecule has 0 saturated heterocycles. The lowest BCUT2D eigenvalue weighted by Crippen LogP contribution is -2.52. The van der Waals surface area contributed by atoms with Gasteiger partial charge in [0.2, 0.25) is 0 Å². The van der Waals surface area contributed by atoms with Crippen molar-refractivity contribution in [1.82, 2.24) is 5.32 Å². The quantitative estimate of drug-likeness (QED) is 0.618. The Morgan fingerprint density at radius 2 is 2.00 bits per heavy atom. The highest BCUT2D eigenvalue weighted by Crippen LogP contribution is 2.31. The number of hydrogen-bond donors (Lipinski definition) is 1. The summed E-state index contributed by atoms with van der Waals surface area (Å²) >= 11 is 0. The maximum absolute atomic E-state index is 5.49. The fourth-order valence-electron chi connectivity index (χ4n) is 1.34. The minimum atomic E-state index is 0.0489. The van der Waals surface area contributed by atoms with E-state index < -0.39 is 0 Å². The minimum Gasteiger partial charge on any atom is -0.301 e. The molecule has 1 rings (SSSR count). The Bertz CT molecular complexity index is 188. The van der Waals surface area contributed by atoms with E-state index in [1.165, 1.54) is 6.42 Å². The smallest absolute Gasteiger partial charge is 0.0798 e. The third kappa shape index (κ3) is 2.25. The van der Waals surface area contributed by atoms with Crippen LogP contribution in [-0.4, -0.2) is 12.1 Å². The molecule has 1 N–H and O–H groups in total. The van der Waals surface area contributed by atoms with E-state index >= 15 is 0 Å². The van der Waals surface area contributed by atoms with Crippen molar-refractivity contribution in [2.75, 3.05) is 6.54 Å². The molecule has 1 heteroatoms. The van der Waals surface area contributed by atoms with Crippen molar-refractivity contribution in [3.05, 3.63) is 0 Å². The van der Waals surface area contributed by atoms with Crippen molar-refractivity contribution in [2.45, 2.75) is 45.6 Å². The Balaban J connectivity index is 2.36. The molecule has 1 fully saturated rings. The van der Waals surface area contributed by atoms with E-state index in [-0.39, 0.29) is 5.54 Å². The summed E-state index contributed by atoms with van der Waals surface area (Å²) < 4.78 is 0. The first-order valence-electron chi connectivity index (χ1n) is 4.70. The molecule has 68 valence electrons. The molecule has 0 aromatic carbocycles. The number of hydrogen-bond acceptors (Lipinski definition) is 1. The van der Waals surface area contributed by atoms with Gasteiger partial charge in [-0.05, 0) is 24.7 Å². The average Bonchev–Trinajstić information content (AvgIpc) is 1.84. The molecule has 0 atom stereocenters. The van der Waals surface area contributed by atoms with E-state index in [4.69, 9.17) is 6.42 Å². The van der Waals surface area contributed by atoms with E-state index in [2.05, 4.69) is 32.0 Å².